The first kappa shape index (κ1) is 19.0. The number of hydrogen-bond acceptors (Lipinski definition) is 6. The Morgan fingerprint density at radius 3 is 2.79 bits per heavy atom. The number of Topliss-reactive ketones (excluding diaryl/α,β-unsaturated/α-hetero) is 1. The van der Waals surface area contributed by atoms with Crippen LogP contribution in [0.25, 0.3) is 11.4 Å². The third-order valence-electron chi connectivity index (χ3n) is 5.33. The Hall–Kier alpha value is -3.35. The summed E-state index contributed by atoms with van der Waals surface area (Å²) in [5.74, 6) is 0.591. The lowest BCUT2D eigenvalue weighted by atomic mass is 9.89. The second-order valence-corrected chi connectivity index (χ2v) is 7.45. The molecule has 2 aromatic heterocycles. The van der Waals surface area contributed by atoms with Crippen LogP contribution in [-0.4, -0.2) is 38.4 Å². The smallest absolute Gasteiger partial charge is 0.255 e. The number of anilines is 1. The van der Waals surface area contributed by atoms with E-state index < -0.39 is 0 Å². The van der Waals surface area contributed by atoms with Gasteiger partial charge in [0.15, 0.2) is 5.78 Å². The first-order valence-corrected chi connectivity index (χ1v) is 9.73. The van der Waals surface area contributed by atoms with Gasteiger partial charge >= 0.3 is 0 Å². The number of piperidine rings is 1. The monoisotopic (exact) mass is 389 g/mol. The Morgan fingerprint density at radius 1 is 1.17 bits per heavy atom. The number of nitrogens with zero attached hydrogens (tertiary/aromatic N) is 5. The molecule has 0 N–H and O–H groups in total. The molecule has 1 saturated heterocycles. The van der Waals surface area contributed by atoms with Crippen LogP contribution in [0, 0.1) is 12.8 Å². The summed E-state index contributed by atoms with van der Waals surface area (Å²) in [5.41, 5.74) is 2.77. The number of rotatable bonds is 4. The van der Waals surface area contributed by atoms with Crippen molar-refractivity contribution >= 4 is 11.7 Å². The summed E-state index contributed by atoms with van der Waals surface area (Å²) in [7, 11) is 1.71. The molecule has 0 saturated carbocycles. The molecule has 7 heteroatoms. The van der Waals surface area contributed by atoms with Crippen LogP contribution < -0.4 is 10.5 Å². The van der Waals surface area contributed by atoms with Crippen molar-refractivity contribution in [2.24, 2.45) is 13.0 Å². The van der Waals surface area contributed by atoms with E-state index in [0.29, 0.717) is 23.9 Å². The molecule has 3 heterocycles. The van der Waals surface area contributed by atoms with Crippen LogP contribution in [0.4, 0.5) is 5.95 Å². The topological polar surface area (TPSA) is 81.0 Å². The number of hydrogen-bond donors (Lipinski definition) is 0. The van der Waals surface area contributed by atoms with E-state index in [2.05, 4.69) is 9.97 Å². The van der Waals surface area contributed by atoms with E-state index in [4.69, 9.17) is 4.98 Å². The van der Waals surface area contributed by atoms with Gasteiger partial charge in [-0.1, -0.05) is 23.8 Å². The van der Waals surface area contributed by atoms with Gasteiger partial charge in [-0.05, 0) is 31.9 Å². The Morgan fingerprint density at radius 2 is 2.03 bits per heavy atom. The number of aromatic nitrogens is 4. The molecule has 0 amide bonds. The van der Waals surface area contributed by atoms with Gasteiger partial charge in [0.1, 0.15) is 6.33 Å². The summed E-state index contributed by atoms with van der Waals surface area (Å²) in [5, 5.41) is 0. The molecule has 0 bridgehead atoms. The minimum absolute atomic E-state index is 0.120. The maximum absolute atomic E-state index is 13.0. The van der Waals surface area contributed by atoms with Gasteiger partial charge in [0, 0.05) is 43.9 Å². The molecule has 1 aromatic carbocycles. The summed E-state index contributed by atoms with van der Waals surface area (Å²) in [6.45, 7) is 3.29. The quantitative estimate of drug-likeness (QED) is 0.638. The zero-order valence-electron chi connectivity index (χ0n) is 16.6. The largest absolute Gasteiger partial charge is 0.341 e. The predicted molar refractivity (Wildman–Crippen MR) is 111 cm³/mol. The van der Waals surface area contributed by atoms with Crippen molar-refractivity contribution in [1.29, 1.82) is 0 Å². The Bertz CT molecular complexity index is 1090. The highest BCUT2D eigenvalue weighted by atomic mass is 16.1. The van der Waals surface area contributed by atoms with Crippen molar-refractivity contribution in [3.63, 3.8) is 0 Å². The van der Waals surface area contributed by atoms with Gasteiger partial charge in [-0.25, -0.2) is 15.0 Å². The van der Waals surface area contributed by atoms with Gasteiger partial charge < -0.3 is 4.90 Å². The SMILES string of the molecule is Cc1cccc(C(=O)C2CCCN(c3nc(-c4ccncn4)cc(=O)n3C)C2)c1. The maximum Gasteiger partial charge on any atom is 0.255 e. The van der Waals surface area contributed by atoms with E-state index in [1.165, 1.54) is 17.0 Å². The van der Waals surface area contributed by atoms with Crippen LogP contribution in [0.3, 0.4) is 0 Å². The van der Waals surface area contributed by atoms with E-state index in [0.717, 1.165) is 30.5 Å². The number of benzene rings is 1. The van der Waals surface area contributed by atoms with Crippen molar-refractivity contribution in [3.8, 4) is 11.4 Å². The fourth-order valence-corrected chi connectivity index (χ4v) is 3.79. The van der Waals surface area contributed by atoms with Crippen LogP contribution >= 0.6 is 0 Å². The first-order valence-electron chi connectivity index (χ1n) is 9.73. The fourth-order valence-electron chi connectivity index (χ4n) is 3.79. The molecule has 1 atom stereocenters. The van der Waals surface area contributed by atoms with Crippen molar-refractivity contribution < 1.29 is 4.79 Å². The molecule has 0 spiro atoms. The number of carbonyl (C=O) groups excluding carboxylic acids is 1. The predicted octanol–water partition coefficient (Wildman–Crippen LogP) is 2.65. The summed E-state index contributed by atoms with van der Waals surface area (Å²) >= 11 is 0. The minimum atomic E-state index is -0.157. The molecule has 29 heavy (non-hydrogen) atoms. The average molecular weight is 389 g/mol. The molecule has 0 radical (unpaired) electrons. The second-order valence-electron chi connectivity index (χ2n) is 7.45. The van der Waals surface area contributed by atoms with Crippen molar-refractivity contribution in [1.82, 2.24) is 19.5 Å². The number of carbonyl (C=O) groups is 1. The van der Waals surface area contributed by atoms with Gasteiger partial charge in [0.25, 0.3) is 5.56 Å². The lowest BCUT2D eigenvalue weighted by Crippen LogP contribution is -2.42. The molecule has 1 fully saturated rings. The highest BCUT2D eigenvalue weighted by molar-refractivity contribution is 5.98. The van der Waals surface area contributed by atoms with E-state index in [1.54, 1.807) is 19.3 Å². The summed E-state index contributed by atoms with van der Waals surface area (Å²) < 4.78 is 1.53. The molecule has 1 unspecified atom stereocenters. The minimum Gasteiger partial charge on any atom is -0.341 e. The van der Waals surface area contributed by atoms with E-state index in [9.17, 15) is 9.59 Å². The highest BCUT2D eigenvalue weighted by Gasteiger charge is 2.28. The van der Waals surface area contributed by atoms with Gasteiger partial charge in [0.05, 0.1) is 11.4 Å². The molecular formula is C22H23N5O2. The van der Waals surface area contributed by atoms with Crippen molar-refractivity contribution in [2.75, 3.05) is 18.0 Å². The van der Waals surface area contributed by atoms with Gasteiger partial charge in [-0.15, -0.1) is 0 Å². The zero-order chi connectivity index (χ0) is 20.4. The maximum atomic E-state index is 13.0. The Kier molecular flexibility index (Phi) is 5.20. The van der Waals surface area contributed by atoms with Gasteiger partial charge in [0.2, 0.25) is 5.95 Å². The van der Waals surface area contributed by atoms with E-state index in [-0.39, 0.29) is 17.3 Å². The molecular weight excluding hydrogens is 366 g/mol. The van der Waals surface area contributed by atoms with Gasteiger partial charge in [-0.3, -0.25) is 14.2 Å². The van der Waals surface area contributed by atoms with E-state index >= 15 is 0 Å². The third kappa shape index (κ3) is 3.94. The Balaban J connectivity index is 1.64. The zero-order valence-corrected chi connectivity index (χ0v) is 16.6. The fraction of sp³-hybridized carbons (Fsp3) is 0.318. The van der Waals surface area contributed by atoms with Crippen molar-refractivity contribution in [2.45, 2.75) is 19.8 Å². The average Bonchev–Trinajstić information content (AvgIpc) is 2.75. The molecule has 4 rings (SSSR count). The number of ketones is 1. The molecule has 3 aromatic rings. The van der Waals surface area contributed by atoms with E-state index in [1.807, 2.05) is 36.1 Å². The van der Waals surface area contributed by atoms with Crippen LogP contribution in [0.1, 0.15) is 28.8 Å². The molecule has 1 aliphatic rings. The lowest BCUT2D eigenvalue weighted by Gasteiger charge is -2.33. The summed E-state index contributed by atoms with van der Waals surface area (Å²) in [6.07, 6.45) is 4.77. The van der Waals surface area contributed by atoms with Crippen LogP contribution in [0.2, 0.25) is 0 Å². The Labute approximate surface area is 169 Å². The first-order chi connectivity index (χ1) is 14.0. The number of aryl methyl sites for hydroxylation is 1. The van der Waals surface area contributed by atoms with Gasteiger partial charge in [-0.2, -0.15) is 0 Å². The van der Waals surface area contributed by atoms with Crippen LogP contribution in [-0.2, 0) is 7.05 Å². The highest BCUT2D eigenvalue weighted by Crippen LogP contribution is 2.25. The van der Waals surface area contributed by atoms with Crippen LogP contribution in [0.15, 0.2) is 53.7 Å². The lowest BCUT2D eigenvalue weighted by molar-refractivity contribution is 0.0906. The third-order valence-corrected chi connectivity index (χ3v) is 5.33. The normalized spacial score (nSPS) is 16.6. The second kappa shape index (κ2) is 7.95. The molecule has 1 aliphatic heterocycles. The standard InChI is InChI=1S/C22H23N5O2/c1-15-5-3-6-16(11-15)21(29)17-7-4-10-27(13-17)22-25-19(12-20(28)26(22)2)18-8-9-23-14-24-18/h3,5-6,8-9,11-12,14,17H,4,7,10,13H2,1-2H3. The molecule has 7 nitrogen and oxygen atoms in total. The molecule has 148 valence electrons. The summed E-state index contributed by atoms with van der Waals surface area (Å²) in [6, 6.07) is 10.9. The van der Waals surface area contributed by atoms with Crippen LogP contribution in [0.5, 0.6) is 0 Å². The van der Waals surface area contributed by atoms with Crippen molar-refractivity contribution in [3.05, 3.63) is 70.4 Å². The summed E-state index contributed by atoms with van der Waals surface area (Å²) in [4.78, 5) is 40.4. The molecule has 0 aliphatic carbocycles.